The zero-order valence-corrected chi connectivity index (χ0v) is 11.1. The Morgan fingerprint density at radius 3 is 2.94 bits per heavy atom. The molecule has 1 N–H and O–H groups in total. The van der Waals surface area contributed by atoms with Crippen molar-refractivity contribution in [3.63, 3.8) is 0 Å². The Morgan fingerprint density at radius 2 is 2.29 bits per heavy atom. The third kappa shape index (κ3) is 2.49. The molecule has 0 radical (unpaired) electrons. The van der Waals surface area contributed by atoms with Crippen molar-refractivity contribution in [1.29, 1.82) is 0 Å². The number of carboxylic acids is 1. The molecule has 4 nitrogen and oxygen atoms in total. The predicted octanol–water partition coefficient (Wildman–Crippen LogP) is 2.84. The van der Waals surface area contributed by atoms with Gasteiger partial charge in [0, 0.05) is 17.4 Å². The highest BCUT2D eigenvalue weighted by Gasteiger charge is 2.10. The van der Waals surface area contributed by atoms with Gasteiger partial charge in [0.15, 0.2) is 0 Å². The molecule has 5 heteroatoms. The standard InChI is InChI=1S/C12H13BrN2O2/c1-2-11-14-9-7-8(13)3-4-10(9)15(11)6-5-12(16)17/h3-4,7H,2,5-6H2,1H3,(H,16,17). The van der Waals surface area contributed by atoms with Crippen LogP contribution in [0.5, 0.6) is 0 Å². The zero-order chi connectivity index (χ0) is 12.4. The molecule has 0 aliphatic carbocycles. The summed E-state index contributed by atoms with van der Waals surface area (Å²) >= 11 is 3.41. The first-order valence-electron chi connectivity index (χ1n) is 5.48. The van der Waals surface area contributed by atoms with Gasteiger partial charge in [-0.15, -0.1) is 0 Å². The molecule has 0 atom stereocenters. The molecule has 0 saturated heterocycles. The lowest BCUT2D eigenvalue weighted by Crippen LogP contribution is -2.07. The van der Waals surface area contributed by atoms with Crippen LogP contribution in [0, 0.1) is 0 Å². The highest BCUT2D eigenvalue weighted by Crippen LogP contribution is 2.21. The quantitative estimate of drug-likeness (QED) is 0.944. The number of nitrogens with zero attached hydrogens (tertiary/aromatic N) is 2. The Hall–Kier alpha value is -1.36. The van der Waals surface area contributed by atoms with Gasteiger partial charge in [-0.2, -0.15) is 0 Å². The van der Waals surface area contributed by atoms with E-state index in [1.54, 1.807) is 0 Å². The molecule has 2 aromatic rings. The summed E-state index contributed by atoms with van der Waals surface area (Å²) in [5, 5.41) is 8.75. The average molecular weight is 297 g/mol. The molecule has 1 heterocycles. The fraction of sp³-hybridized carbons (Fsp3) is 0.333. The van der Waals surface area contributed by atoms with Crippen LogP contribution in [0.3, 0.4) is 0 Å². The molecular formula is C12H13BrN2O2. The van der Waals surface area contributed by atoms with E-state index in [1.165, 1.54) is 0 Å². The van der Waals surface area contributed by atoms with Crippen molar-refractivity contribution in [2.24, 2.45) is 0 Å². The van der Waals surface area contributed by atoms with Crippen LogP contribution in [-0.4, -0.2) is 20.6 Å². The van der Waals surface area contributed by atoms with Crippen molar-refractivity contribution in [3.05, 3.63) is 28.5 Å². The summed E-state index contributed by atoms with van der Waals surface area (Å²) in [5.41, 5.74) is 1.90. The van der Waals surface area contributed by atoms with E-state index in [9.17, 15) is 4.79 Å². The van der Waals surface area contributed by atoms with E-state index in [-0.39, 0.29) is 6.42 Å². The third-order valence-electron chi connectivity index (χ3n) is 2.65. The predicted molar refractivity (Wildman–Crippen MR) is 69.1 cm³/mol. The largest absolute Gasteiger partial charge is 0.481 e. The molecule has 90 valence electrons. The molecule has 2 rings (SSSR count). The first-order valence-corrected chi connectivity index (χ1v) is 6.27. The molecule has 0 aliphatic heterocycles. The normalized spacial score (nSPS) is 10.9. The van der Waals surface area contributed by atoms with Gasteiger partial charge in [-0.05, 0) is 18.2 Å². The molecule has 0 fully saturated rings. The third-order valence-corrected chi connectivity index (χ3v) is 3.15. The monoisotopic (exact) mass is 296 g/mol. The number of carboxylic acid groups (broad SMARTS) is 1. The highest BCUT2D eigenvalue weighted by molar-refractivity contribution is 9.10. The maximum absolute atomic E-state index is 10.6. The number of imidazole rings is 1. The number of aromatic nitrogens is 2. The first-order chi connectivity index (χ1) is 8.11. The van der Waals surface area contributed by atoms with Crippen LogP contribution in [-0.2, 0) is 17.8 Å². The number of hydrogen-bond donors (Lipinski definition) is 1. The zero-order valence-electron chi connectivity index (χ0n) is 9.48. The number of aryl methyl sites for hydroxylation is 2. The lowest BCUT2D eigenvalue weighted by molar-refractivity contribution is -0.137. The maximum atomic E-state index is 10.6. The first kappa shape index (κ1) is 12.1. The van der Waals surface area contributed by atoms with Crippen LogP contribution < -0.4 is 0 Å². The summed E-state index contributed by atoms with van der Waals surface area (Å²) < 4.78 is 2.96. The van der Waals surface area contributed by atoms with Crippen LogP contribution in [0.4, 0.5) is 0 Å². The van der Waals surface area contributed by atoms with Gasteiger partial charge in [0.05, 0.1) is 17.5 Å². The molecule has 1 aromatic carbocycles. The van der Waals surface area contributed by atoms with Gasteiger partial charge in [-0.1, -0.05) is 22.9 Å². The van der Waals surface area contributed by atoms with E-state index < -0.39 is 5.97 Å². The van der Waals surface area contributed by atoms with E-state index in [0.717, 1.165) is 27.8 Å². The van der Waals surface area contributed by atoms with E-state index in [0.29, 0.717) is 6.54 Å². The number of fused-ring (bicyclic) bond motifs is 1. The van der Waals surface area contributed by atoms with Crippen LogP contribution in [0.2, 0.25) is 0 Å². The van der Waals surface area contributed by atoms with Crippen molar-refractivity contribution < 1.29 is 9.90 Å². The van der Waals surface area contributed by atoms with Crippen molar-refractivity contribution in [3.8, 4) is 0 Å². The van der Waals surface area contributed by atoms with E-state index in [1.807, 2.05) is 29.7 Å². The lowest BCUT2D eigenvalue weighted by Gasteiger charge is -2.05. The van der Waals surface area contributed by atoms with Gasteiger partial charge in [0.25, 0.3) is 0 Å². The van der Waals surface area contributed by atoms with Gasteiger partial charge < -0.3 is 9.67 Å². The Morgan fingerprint density at radius 1 is 1.53 bits per heavy atom. The topological polar surface area (TPSA) is 55.1 Å². The molecule has 1 aromatic heterocycles. The summed E-state index contributed by atoms with van der Waals surface area (Å²) in [6, 6.07) is 5.86. The minimum absolute atomic E-state index is 0.120. The van der Waals surface area contributed by atoms with Gasteiger partial charge in [0.2, 0.25) is 0 Å². The van der Waals surface area contributed by atoms with Crippen molar-refractivity contribution in [1.82, 2.24) is 9.55 Å². The summed E-state index contributed by atoms with van der Waals surface area (Å²) in [5.74, 6) is 0.144. The molecule has 0 aliphatic rings. The number of benzene rings is 1. The SMILES string of the molecule is CCc1nc2cc(Br)ccc2n1CCC(=O)O. The average Bonchev–Trinajstić information content (AvgIpc) is 2.63. The van der Waals surface area contributed by atoms with Crippen molar-refractivity contribution >= 4 is 32.9 Å². The summed E-state index contributed by atoms with van der Waals surface area (Å²) in [6.45, 7) is 2.49. The minimum Gasteiger partial charge on any atom is -0.481 e. The number of hydrogen-bond acceptors (Lipinski definition) is 2. The summed E-state index contributed by atoms with van der Waals surface area (Å²) in [4.78, 5) is 15.2. The van der Waals surface area contributed by atoms with E-state index in [4.69, 9.17) is 5.11 Å². The molecule has 0 amide bonds. The van der Waals surface area contributed by atoms with Gasteiger partial charge in [-0.3, -0.25) is 4.79 Å². The Labute approximate surface area is 107 Å². The maximum Gasteiger partial charge on any atom is 0.305 e. The Kier molecular flexibility index (Phi) is 3.47. The number of carbonyl (C=O) groups is 1. The molecule has 0 bridgehead atoms. The van der Waals surface area contributed by atoms with Crippen molar-refractivity contribution in [2.75, 3.05) is 0 Å². The fourth-order valence-electron chi connectivity index (χ4n) is 1.88. The van der Waals surface area contributed by atoms with Gasteiger partial charge >= 0.3 is 5.97 Å². The van der Waals surface area contributed by atoms with Gasteiger partial charge in [-0.25, -0.2) is 4.98 Å². The molecule has 0 saturated carbocycles. The van der Waals surface area contributed by atoms with Crippen LogP contribution >= 0.6 is 15.9 Å². The smallest absolute Gasteiger partial charge is 0.305 e. The fourth-order valence-corrected chi connectivity index (χ4v) is 2.23. The molecular weight excluding hydrogens is 284 g/mol. The number of rotatable bonds is 4. The second-order valence-electron chi connectivity index (χ2n) is 3.81. The highest BCUT2D eigenvalue weighted by atomic mass is 79.9. The summed E-state index contributed by atoms with van der Waals surface area (Å²) in [7, 11) is 0. The van der Waals surface area contributed by atoms with E-state index >= 15 is 0 Å². The second kappa shape index (κ2) is 4.87. The number of aliphatic carboxylic acids is 1. The van der Waals surface area contributed by atoms with E-state index in [2.05, 4.69) is 20.9 Å². The minimum atomic E-state index is -0.786. The number of halogens is 1. The second-order valence-corrected chi connectivity index (χ2v) is 4.73. The van der Waals surface area contributed by atoms with Crippen LogP contribution in [0.15, 0.2) is 22.7 Å². The molecule has 17 heavy (non-hydrogen) atoms. The molecule has 0 spiro atoms. The van der Waals surface area contributed by atoms with Crippen LogP contribution in [0.1, 0.15) is 19.2 Å². The Bertz CT molecular complexity index is 563. The van der Waals surface area contributed by atoms with Crippen molar-refractivity contribution in [2.45, 2.75) is 26.3 Å². The van der Waals surface area contributed by atoms with Crippen LogP contribution in [0.25, 0.3) is 11.0 Å². The lowest BCUT2D eigenvalue weighted by atomic mass is 10.3. The molecule has 0 unspecified atom stereocenters. The summed E-state index contributed by atoms with van der Waals surface area (Å²) in [6.07, 6.45) is 0.917. The van der Waals surface area contributed by atoms with Gasteiger partial charge in [0.1, 0.15) is 5.82 Å². The Balaban J connectivity index is 2.47.